The summed E-state index contributed by atoms with van der Waals surface area (Å²) in [4.78, 5) is 30.8. The summed E-state index contributed by atoms with van der Waals surface area (Å²) < 4.78 is 1.54. The second-order valence-electron chi connectivity index (χ2n) is 8.57. The van der Waals surface area contributed by atoms with E-state index in [0.29, 0.717) is 31.1 Å². The van der Waals surface area contributed by atoms with Gasteiger partial charge in [0.15, 0.2) is 5.69 Å². The van der Waals surface area contributed by atoms with Gasteiger partial charge < -0.3 is 9.80 Å². The zero-order valence-corrected chi connectivity index (χ0v) is 20.4. The highest BCUT2D eigenvalue weighted by Crippen LogP contribution is 2.33. The van der Waals surface area contributed by atoms with Gasteiger partial charge in [-0.1, -0.05) is 17.7 Å². The fraction of sp³-hybridized carbons (Fsp3) is 0.500. The van der Waals surface area contributed by atoms with Crippen LogP contribution in [0.25, 0.3) is 0 Å². The van der Waals surface area contributed by atoms with Crippen LogP contribution in [-0.2, 0) is 13.0 Å². The number of likely N-dealkylation sites (tertiary alicyclic amines) is 1. The van der Waals surface area contributed by atoms with E-state index in [-0.39, 0.29) is 11.9 Å². The van der Waals surface area contributed by atoms with Crippen molar-refractivity contribution in [3.8, 4) is 0 Å². The lowest BCUT2D eigenvalue weighted by Crippen LogP contribution is -2.41. The van der Waals surface area contributed by atoms with Crippen molar-refractivity contribution in [3.05, 3.63) is 51.3 Å². The number of nitrogens with zero attached hydrogens (tertiary/aromatic N) is 4. The van der Waals surface area contributed by atoms with Crippen molar-refractivity contribution in [3.63, 3.8) is 0 Å². The minimum atomic E-state index is -0.349. The van der Waals surface area contributed by atoms with E-state index in [1.54, 1.807) is 4.90 Å². The molecule has 1 aromatic heterocycles. The van der Waals surface area contributed by atoms with Gasteiger partial charge in [-0.05, 0) is 62.6 Å². The number of hydrogen-bond donors (Lipinski definition) is 1. The Morgan fingerprint density at radius 1 is 1.13 bits per heavy atom. The maximum Gasteiger partial charge on any atom is 0.332 e. The lowest BCUT2D eigenvalue weighted by molar-refractivity contribution is 0.0705. The molecule has 0 aliphatic carbocycles. The monoisotopic (exact) mass is 507 g/mol. The van der Waals surface area contributed by atoms with E-state index in [0.717, 1.165) is 37.2 Å². The van der Waals surface area contributed by atoms with Crippen molar-refractivity contribution in [2.75, 3.05) is 19.6 Å². The van der Waals surface area contributed by atoms with Gasteiger partial charge in [0, 0.05) is 37.0 Å². The Bertz CT molecular complexity index is 1030. The molecule has 9 heteroatoms. The molecule has 0 radical (unpaired) electrons. The van der Waals surface area contributed by atoms with Crippen molar-refractivity contribution < 1.29 is 9.59 Å². The highest BCUT2D eigenvalue weighted by Gasteiger charge is 2.33. The summed E-state index contributed by atoms with van der Waals surface area (Å²) in [6.45, 7) is 8.81. The van der Waals surface area contributed by atoms with E-state index in [1.165, 1.54) is 26.0 Å². The summed E-state index contributed by atoms with van der Waals surface area (Å²) in [6.07, 6.45) is 2.48. The highest BCUT2D eigenvalue weighted by molar-refractivity contribution is 9.08. The molecule has 2 aliphatic heterocycles. The Morgan fingerprint density at radius 2 is 1.84 bits per heavy atom. The van der Waals surface area contributed by atoms with Crippen LogP contribution in [0.1, 0.15) is 62.8 Å². The van der Waals surface area contributed by atoms with E-state index in [1.807, 2.05) is 4.90 Å². The van der Waals surface area contributed by atoms with E-state index in [2.05, 4.69) is 59.0 Å². The predicted octanol–water partition coefficient (Wildman–Crippen LogP) is 4.21. The van der Waals surface area contributed by atoms with E-state index >= 15 is 0 Å². The third kappa shape index (κ3) is 4.20. The molecule has 1 aromatic carbocycles. The number of benzene rings is 1. The molecule has 0 saturated carbocycles. The summed E-state index contributed by atoms with van der Waals surface area (Å²) in [5.74, 6) is 0.452. The van der Waals surface area contributed by atoms with Crippen LogP contribution in [0.15, 0.2) is 12.1 Å². The SMILES string of the molecule is Cc1cc(C)c(C)c(C2CCN(C(=O)c3nn(Br)c4c3CCN(C(=O)NCl)C4)CC2)c1. The number of carbonyl (C=O) groups is 2. The van der Waals surface area contributed by atoms with Gasteiger partial charge in [-0.3, -0.25) is 4.79 Å². The second-order valence-corrected chi connectivity index (χ2v) is 9.43. The molecule has 0 unspecified atom stereocenters. The van der Waals surface area contributed by atoms with Crippen molar-refractivity contribution in [1.29, 1.82) is 0 Å². The fourth-order valence-electron chi connectivity index (χ4n) is 4.82. The molecule has 3 amide bonds. The average molecular weight is 509 g/mol. The molecule has 31 heavy (non-hydrogen) atoms. The summed E-state index contributed by atoms with van der Waals surface area (Å²) in [5.41, 5.74) is 7.63. The molecule has 1 fully saturated rings. The van der Waals surface area contributed by atoms with E-state index in [4.69, 9.17) is 11.8 Å². The smallest absolute Gasteiger partial charge is 0.332 e. The molecule has 0 spiro atoms. The van der Waals surface area contributed by atoms with Crippen LogP contribution in [-0.4, -0.2) is 50.2 Å². The Balaban J connectivity index is 1.47. The molecular formula is C22H27BrClN5O2. The lowest BCUT2D eigenvalue weighted by atomic mass is 9.84. The van der Waals surface area contributed by atoms with Crippen LogP contribution in [0.3, 0.4) is 0 Å². The summed E-state index contributed by atoms with van der Waals surface area (Å²) in [6, 6.07) is 4.18. The zero-order chi connectivity index (χ0) is 22.3. The van der Waals surface area contributed by atoms with Gasteiger partial charge >= 0.3 is 6.03 Å². The molecule has 2 aliphatic rings. The number of amides is 3. The number of carbonyl (C=O) groups excluding carboxylic acids is 2. The minimum Gasteiger partial charge on any atom is -0.337 e. The first-order valence-corrected chi connectivity index (χ1v) is 11.7. The average Bonchev–Trinajstić information content (AvgIpc) is 3.11. The predicted molar refractivity (Wildman–Crippen MR) is 124 cm³/mol. The molecule has 1 N–H and O–H groups in total. The Labute approximate surface area is 196 Å². The standard InChI is InChI=1S/C22H27BrClN5O2/c1-13-10-14(2)15(3)18(11-13)16-4-7-27(8-5-16)21(30)20-17-6-9-28(22(31)25-24)12-19(17)29(23)26-20/h10-11,16H,4-9,12H2,1-3H3,(H,25,31). The quantitative estimate of drug-likeness (QED) is 0.618. The number of fused-ring (bicyclic) bond motifs is 1. The summed E-state index contributed by atoms with van der Waals surface area (Å²) >= 11 is 8.86. The van der Waals surface area contributed by atoms with Crippen molar-refractivity contribution in [2.24, 2.45) is 0 Å². The molecule has 1 saturated heterocycles. The maximum absolute atomic E-state index is 13.3. The number of aryl methyl sites for hydroxylation is 2. The first kappa shape index (κ1) is 22.1. The van der Waals surface area contributed by atoms with Crippen LogP contribution in [0.2, 0.25) is 0 Å². The van der Waals surface area contributed by atoms with Gasteiger partial charge in [-0.2, -0.15) is 8.81 Å². The van der Waals surface area contributed by atoms with Crippen LogP contribution in [0.4, 0.5) is 4.79 Å². The molecule has 0 bridgehead atoms. The minimum absolute atomic E-state index is 0.0275. The van der Waals surface area contributed by atoms with Gasteiger partial charge in [-0.25, -0.2) is 9.63 Å². The largest absolute Gasteiger partial charge is 0.337 e. The molecule has 3 heterocycles. The number of aromatic nitrogens is 2. The van der Waals surface area contributed by atoms with Gasteiger partial charge in [0.2, 0.25) is 0 Å². The van der Waals surface area contributed by atoms with Crippen LogP contribution >= 0.6 is 27.9 Å². The van der Waals surface area contributed by atoms with Crippen LogP contribution in [0, 0.1) is 20.8 Å². The molecule has 0 atom stereocenters. The first-order valence-electron chi connectivity index (χ1n) is 10.6. The number of urea groups is 1. The Kier molecular flexibility index (Phi) is 6.30. The summed E-state index contributed by atoms with van der Waals surface area (Å²) in [5, 5.41) is 4.45. The van der Waals surface area contributed by atoms with E-state index in [9.17, 15) is 9.59 Å². The third-order valence-electron chi connectivity index (χ3n) is 6.66. The zero-order valence-electron chi connectivity index (χ0n) is 18.0. The molecule has 166 valence electrons. The number of hydrogen-bond acceptors (Lipinski definition) is 3. The third-order valence-corrected chi connectivity index (χ3v) is 7.41. The van der Waals surface area contributed by atoms with Crippen molar-refractivity contribution in [2.45, 2.75) is 52.5 Å². The molecular weight excluding hydrogens is 482 g/mol. The van der Waals surface area contributed by atoms with Crippen molar-refractivity contribution >= 4 is 39.9 Å². The number of piperidine rings is 1. The van der Waals surface area contributed by atoms with Gasteiger partial charge in [0.1, 0.15) is 0 Å². The highest BCUT2D eigenvalue weighted by atomic mass is 79.9. The van der Waals surface area contributed by atoms with Gasteiger partial charge in [0.05, 0.1) is 28.4 Å². The van der Waals surface area contributed by atoms with Crippen LogP contribution in [0.5, 0.6) is 0 Å². The molecule has 2 aromatic rings. The number of halogens is 2. The summed E-state index contributed by atoms with van der Waals surface area (Å²) in [7, 11) is 0. The second kappa shape index (κ2) is 8.82. The number of nitrogens with one attached hydrogen (secondary N) is 1. The maximum atomic E-state index is 13.3. The fourth-order valence-corrected chi connectivity index (χ4v) is 5.43. The van der Waals surface area contributed by atoms with Crippen LogP contribution < -0.4 is 4.84 Å². The van der Waals surface area contributed by atoms with Crippen molar-refractivity contribution in [1.82, 2.24) is 23.4 Å². The van der Waals surface area contributed by atoms with Gasteiger partial charge in [0.25, 0.3) is 5.91 Å². The topological polar surface area (TPSA) is 70.5 Å². The normalized spacial score (nSPS) is 16.9. The number of rotatable bonds is 2. The lowest BCUT2D eigenvalue weighted by Gasteiger charge is -2.33. The Morgan fingerprint density at radius 3 is 2.52 bits per heavy atom. The van der Waals surface area contributed by atoms with Gasteiger partial charge in [-0.15, -0.1) is 0 Å². The Hall–Kier alpha value is -2.06. The molecule has 7 nitrogen and oxygen atoms in total. The molecule has 4 rings (SSSR count). The first-order chi connectivity index (χ1) is 14.8. The van der Waals surface area contributed by atoms with E-state index < -0.39 is 0 Å².